The lowest BCUT2D eigenvalue weighted by Crippen LogP contribution is -2.16. The zero-order valence-electron chi connectivity index (χ0n) is 10.7. The van der Waals surface area contributed by atoms with Crippen molar-refractivity contribution in [3.63, 3.8) is 0 Å². The number of hydrogen-bond donors (Lipinski definition) is 2. The van der Waals surface area contributed by atoms with E-state index in [1.807, 2.05) is 0 Å². The van der Waals surface area contributed by atoms with Crippen molar-refractivity contribution in [1.29, 1.82) is 0 Å². The molecule has 0 saturated heterocycles. The van der Waals surface area contributed by atoms with Crippen LogP contribution in [0.4, 0.5) is 0 Å². The molecule has 0 spiro atoms. The summed E-state index contributed by atoms with van der Waals surface area (Å²) in [7, 11) is 0. The Morgan fingerprint density at radius 1 is 1.38 bits per heavy atom. The molecule has 2 heterocycles. The van der Waals surface area contributed by atoms with Gasteiger partial charge in [0.1, 0.15) is 0 Å². The van der Waals surface area contributed by atoms with Gasteiger partial charge in [-0.3, -0.25) is 19.1 Å². The number of carboxylic acids is 1. The van der Waals surface area contributed by atoms with Gasteiger partial charge >= 0.3 is 16.6 Å². The predicted molar refractivity (Wildman–Crippen MR) is 76.7 cm³/mol. The Balaban J connectivity index is 2.07. The van der Waals surface area contributed by atoms with E-state index in [0.717, 1.165) is 11.3 Å². The molecule has 0 atom stereocenters. The van der Waals surface area contributed by atoms with E-state index < -0.39 is 11.7 Å². The van der Waals surface area contributed by atoms with Gasteiger partial charge in [0.05, 0.1) is 17.6 Å². The number of rotatable bonds is 4. The van der Waals surface area contributed by atoms with Gasteiger partial charge in [-0.05, 0) is 12.1 Å². The van der Waals surface area contributed by atoms with Crippen LogP contribution >= 0.6 is 11.3 Å². The molecule has 0 amide bonds. The predicted octanol–water partition coefficient (Wildman–Crippen LogP) is 1.49. The molecule has 0 saturated carbocycles. The van der Waals surface area contributed by atoms with E-state index in [0.29, 0.717) is 22.4 Å². The molecule has 3 rings (SSSR count). The van der Waals surface area contributed by atoms with Crippen LogP contribution in [0, 0.1) is 0 Å². The van der Waals surface area contributed by atoms with E-state index in [2.05, 4.69) is 4.98 Å². The minimum atomic E-state index is -0.967. The molecule has 21 heavy (non-hydrogen) atoms. The van der Waals surface area contributed by atoms with Crippen molar-refractivity contribution in [2.75, 3.05) is 0 Å². The number of aromatic amines is 1. The van der Waals surface area contributed by atoms with E-state index in [9.17, 15) is 14.4 Å². The Labute approximate surface area is 121 Å². The van der Waals surface area contributed by atoms with Crippen LogP contribution in [0.3, 0.4) is 0 Å². The summed E-state index contributed by atoms with van der Waals surface area (Å²) in [6, 6.07) is 5.07. The quantitative estimate of drug-likeness (QED) is 0.759. The third-order valence-corrected chi connectivity index (χ3v) is 3.81. The molecule has 2 aromatic heterocycles. The van der Waals surface area contributed by atoms with Crippen molar-refractivity contribution in [1.82, 2.24) is 9.55 Å². The largest absolute Gasteiger partial charge is 0.481 e. The van der Waals surface area contributed by atoms with Crippen molar-refractivity contribution < 1.29 is 14.3 Å². The molecule has 7 nitrogen and oxygen atoms in total. The van der Waals surface area contributed by atoms with Gasteiger partial charge in [0.15, 0.2) is 5.58 Å². The van der Waals surface area contributed by atoms with Gasteiger partial charge in [-0.1, -0.05) is 17.4 Å². The first-order chi connectivity index (χ1) is 10.0. The lowest BCUT2D eigenvalue weighted by atomic mass is 10.1. The summed E-state index contributed by atoms with van der Waals surface area (Å²) in [6.07, 6.45) is -0.134. The number of oxazole rings is 1. The molecule has 0 aliphatic carbocycles. The van der Waals surface area contributed by atoms with E-state index in [1.165, 1.54) is 4.57 Å². The summed E-state index contributed by atoms with van der Waals surface area (Å²) in [5.74, 6) is -1.51. The second-order valence-corrected chi connectivity index (χ2v) is 5.23. The van der Waals surface area contributed by atoms with Crippen molar-refractivity contribution >= 4 is 28.4 Å². The van der Waals surface area contributed by atoms with Crippen LogP contribution in [-0.2, 0) is 11.3 Å². The van der Waals surface area contributed by atoms with Crippen LogP contribution in [0.1, 0.15) is 6.42 Å². The average Bonchev–Trinajstić information content (AvgIpc) is 2.97. The van der Waals surface area contributed by atoms with Gasteiger partial charge in [-0.25, -0.2) is 4.79 Å². The lowest BCUT2D eigenvalue weighted by molar-refractivity contribution is -0.137. The SMILES string of the molecule is O=C(O)CCn1c(-c2ccc3[nH]c(=O)oc3c2)csc1=O. The minimum Gasteiger partial charge on any atom is -0.481 e. The molecular formula is C13H10N2O5S. The van der Waals surface area contributed by atoms with E-state index in [4.69, 9.17) is 9.52 Å². The molecule has 2 N–H and O–H groups in total. The number of carboxylic acid groups (broad SMARTS) is 1. The Hall–Kier alpha value is -2.61. The fourth-order valence-corrected chi connectivity index (χ4v) is 2.87. The highest BCUT2D eigenvalue weighted by atomic mass is 32.1. The zero-order chi connectivity index (χ0) is 15.0. The second-order valence-electron chi connectivity index (χ2n) is 4.41. The van der Waals surface area contributed by atoms with Crippen LogP contribution in [0.2, 0.25) is 0 Å². The maximum absolute atomic E-state index is 11.8. The van der Waals surface area contributed by atoms with Crippen molar-refractivity contribution in [2.24, 2.45) is 0 Å². The first-order valence-electron chi connectivity index (χ1n) is 6.08. The summed E-state index contributed by atoms with van der Waals surface area (Å²) in [6.45, 7) is 0.0993. The number of benzene rings is 1. The van der Waals surface area contributed by atoms with Gasteiger partial charge in [-0.2, -0.15) is 0 Å². The van der Waals surface area contributed by atoms with E-state index in [-0.39, 0.29) is 17.8 Å². The number of nitrogens with zero attached hydrogens (tertiary/aromatic N) is 1. The summed E-state index contributed by atoms with van der Waals surface area (Å²) in [5, 5.41) is 10.4. The molecule has 108 valence electrons. The number of thiazole rings is 1. The number of carbonyl (C=O) groups is 1. The van der Waals surface area contributed by atoms with E-state index in [1.54, 1.807) is 23.6 Å². The fourth-order valence-electron chi connectivity index (χ4n) is 2.08. The molecule has 0 aliphatic rings. The topological polar surface area (TPSA) is 105 Å². The second kappa shape index (κ2) is 5.06. The van der Waals surface area contributed by atoms with Gasteiger partial charge < -0.3 is 9.52 Å². The van der Waals surface area contributed by atoms with Crippen LogP contribution in [0.15, 0.2) is 37.6 Å². The highest BCUT2D eigenvalue weighted by Gasteiger charge is 2.12. The van der Waals surface area contributed by atoms with Gasteiger partial charge in [0.2, 0.25) is 0 Å². The summed E-state index contributed by atoms with van der Waals surface area (Å²) in [4.78, 5) is 35.9. The standard InChI is InChI=1S/C13H10N2O5S/c16-11(17)3-4-15-9(6-21-13(15)19)7-1-2-8-10(5-7)20-12(18)14-8/h1-2,5-6H,3-4H2,(H,14,18)(H,16,17). The van der Waals surface area contributed by atoms with Gasteiger partial charge in [0.25, 0.3) is 0 Å². The van der Waals surface area contributed by atoms with E-state index >= 15 is 0 Å². The Morgan fingerprint density at radius 3 is 2.95 bits per heavy atom. The molecule has 1 aromatic carbocycles. The molecule has 0 bridgehead atoms. The van der Waals surface area contributed by atoms with Crippen LogP contribution in [-0.4, -0.2) is 20.6 Å². The Morgan fingerprint density at radius 2 is 2.19 bits per heavy atom. The first-order valence-corrected chi connectivity index (χ1v) is 6.96. The smallest absolute Gasteiger partial charge is 0.417 e. The fraction of sp³-hybridized carbons (Fsp3) is 0.154. The maximum atomic E-state index is 11.8. The number of fused-ring (bicyclic) bond motifs is 1. The summed E-state index contributed by atoms with van der Waals surface area (Å²) < 4.78 is 6.39. The Bertz CT molecular complexity index is 930. The zero-order valence-corrected chi connectivity index (χ0v) is 11.5. The molecule has 0 radical (unpaired) electrons. The Kier molecular flexibility index (Phi) is 3.22. The lowest BCUT2D eigenvalue weighted by Gasteiger charge is -2.06. The molecular weight excluding hydrogens is 296 g/mol. The molecule has 0 aliphatic heterocycles. The van der Waals surface area contributed by atoms with Crippen LogP contribution in [0.25, 0.3) is 22.4 Å². The molecule has 8 heteroatoms. The summed E-state index contributed by atoms with van der Waals surface area (Å²) in [5.41, 5.74) is 2.25. The van der Waals surface area contributed by atoms with Crippen molar-refractivity contribution in [3.05, 3.63) is 43.8 Å². The van der Waals surface area contributed by atoms with Crippen LogP contribution in [0.5, 0.6) is 0 Å². The third-order valence-electron chi connectivity index (χ3n) is 3.05. The van der Waals surface area contributed by atoms with Crippen molar-refractivity contribution in [3.8, 4) is 11.3 Å². The first kappa shape index (κ1) is 13.4. The normalized spacial score (nSPS) is 11.0. The monoisotopic (exact) mass is 306 g/mol. The van der Waals surface area contributed by atoms with Crippen molar-refractivity contribution in [2.45, 2.75) is 13.0 Å². The number of H-pyrrole nitrogens is 1. The maximum Gasteiger partial charge on any atom is 0.417 e. The molecule has 3 aromatic rings. The number of aromatic nitrogens is 2. The average molecular weight is 306 g/mol. The van der Waals surface area contributed by atoms with Gasteiger partial charge in [-0.15, -0.1) is 0 Å². The highest BCUT2D eigenvalue weighted by molar-refractivity contribution is 7.07. The van der Waals surface area contributed by atoms with Crippen LogP contribution < -0.4 is 10.6 Å². The third kappa shape index (κ3) is 2.52. The number of hydrogen-bond acceptors (Lipinski definition) is 5. The minimum absolute atomic E-state index is 0.0993. The summed E-state index contributed by atoms with van der Waals surface area (Å²) >= 11 is 1.00. The highest BCUT2D eigenvalue weighted by Crippen LogP contribution is 2.24. The molecule has 0 unspecified atom stereocenters. The molecule has 0 fully saturated rings. The number of aliphatic carboxylic acids is 1. The van der Waals surface area contributed by atoms with Gasteiger partial charge in [0, 0.05) is 17.5 Å². The number of nitrogens with one attached hydrogen (secondary N) is 1.